The molecule has 2 saturated heterocycles. The molecule has 0 N–H and O–H groups in total. The maximum atomic E-state index is 13.5. The number of likely N-dealkylation sites (tertiary alicyclic amines) is 1. The third-order valence-corrected chi connectivity index (χ3v) is 6.25. The van der Waals surface area contributed by atoms with Crippen LogP contribution in [0.5, 0.6) is 11.6 Å². The highest BCUT2D eigenvalue weighted by Gasteiger charge is 2.44. The lowest BCUT2D eigenvalue weighted by atomic mass is 10.1. The molecule has 8 nitrogen and oxygen atoms in total. The van der Waals surface area contributed by atoms with Crippen molar-refractivity contribution in [1.29, 1.82) is 0 Å². The monoisotopic (exact) mass is 458 g/mol. The molecule has 2 amide bonds. The molecule has 4 heterocycles. The van der Waals surface area contributed by atoms with Gasteiger partial charge in [0.05, 0.1) is 18.3 Å². The molecule has 5 rings (SSSR count). The average molecular weight is 459 g/mol. The van der Waals surface area contributed by atoms with Crippen LogP contribution in [-0.4, -0.2) is 70.0 Å². The van der Waals surface area contributed by atoms with Crippen LogP contribution in [0.1, 0.15) is 21.6 Å². The number of rotatable bonds is 6. The standard InChI is InChI=1S/C26H26N4O4/c1-18-9-10-20(14-28-18)34-25-21(8-5-12-27-25)26(32)29-15-22-23(16-29)33-17-24(31)30(22)13-11-19-6-3-2-4-7-19/h2-10,12,14,22-23H,11,13,15-17H2,1H3/t22-,23-/m0/s1. The largest absolute Gasteiger partial charge is 0.437 e. The van der Waals surface area contributed by atoms with Crippen LogP contribution in [0.3, 0.4) is 0 Å². The number of aryl methyl sites for hydroxylation is 1. The number of hydrogen-bond acceptors (Lipinski definition) is 6. The van der Waals surface area contributed by atoms with E-state index in [0.717, 1.165) is 12.1 Å². The average Bonchev–Trinajstić information content (AvgIpc) is 3.30. The minimum Gasteiger partial charge on any atom is -0.437 e. The molecule has 0 bridgehead atoms. The van der Waals surface area contributed by atoms with Crippen molar-refractivity contribution >= 4 is 11.8 Å². The van der Waals surface area contributed by atoms with Crippen LogP contribution in [0.4, 0.5) is 0 Å². The van der Waals surface area contributed by atoms with Crippen LogP contribution < -0.4 is 4.74 Å². The van der Waals surface area contributed by atoms with Gasteiger partial charge in [0.15, 0.2) is 0 Å². The molecule has 174 valence electrons. The number of benzene rings is 1. The SMILES string of the molecule is Cc1ccc(Oc2ncccc2C(=O)N2C[C@@H]3OCC(=O)N(CCc4ccccc4)[C@H]3C2)cn1. The van der Waals surface area contributed by atoms with Gasteiger partial charge in [-0.3, -0.25) is 14.6 Å². The number of aromatic nitrogens is 2. The number of nitrogens with zero attached hydrogens (tertiary/aromatic N) is 4. The first-order valence-corrected chi connectivity index (χ1v) is 11.4. The van der Waals surface area contributed by atoms with Gasteiger partial charge in [0.25, 0.3) is 5.91 Å². The first-order valence-electron chi connectivity index (χ1n) is 11.4. The van der Waals surface area contributed by atoms with E-state index in [1.54, 1.807) is 35.5 Å². The van der Waals surface area contributed by atoms with Crippen LogP contribution in [0.2, 0.25) is 0 Å². The minimum absolute atomic E-state index is 0.0382. The smallest absolute Gasteiger partial charge is 0.259 e. The Balaban J connectivity index is 1.30. The summed E-state index contributed by atoms with van der Waals surface area (Å²) in [7, 11) is 0. The van der Waals surface area contributed by atoms with Crippen LogP contribution in [0, 0.1) is 6.92 Å². The van der Waals surface area contributed by atoms with Crippen molar-refractivity contribution in [3.63, 3.8) is 0 Å². The summed E-state index contributed by atoms with van der Waals surface area (Å²) >= 11 is 0. The lowest BCUT2D eigenvalue weighted by molar-refractivity contribution is -0.152. The Hall–Kier alpha value is -3.78. The summed E-state index contributed by atoms with van der Waals surface area (Å²) in [5, 5.41) is 0. The molecule has 0 radical (unpaired) electrons. The molecule has 8 heteroatoms. The van der Waals surface area contributed by atoms with Crippen LogP contribution >= 0.6 is 0 Å². The molecule has 0 spiro atoms. The first-order chi connectivity index (χ1) is 16.6. The Morgan fingerprint density at radius 1 is 1.09 bits per heavy atom. The van der Waals surface area contributed by atoms with Crippen molar-refractivity contribution in [3.8, 4) is 11.6 Å². The predicted octanol–water partition coefficient (Wildman–Crippen LogP) is 2.87. The van der Waals surface area contributed by atoms with E-state index in [2.05, 4.69) is 22.1 Å². The highest BCUT2D eigenvalue weighted by atomic mass is 16.5. The first kappa shape index (κ1) is 22.0. The number of ether oxygens (including phenoxy) is 2. The van der Waals surface area contributed by atoms with Crippen molar-refractivity contribution in [2.75, 3.05) is 26.2 Å². The second-order valence-corrected chi connectivity index (χ2v) is 8.54. The topological polar surface area (TPSA) is 84.9 Å². The maximum absolute atomic E-state index is 13.5. The molecule has 2 fully saturated rings. The molecule has 3 aromatic rings. The molecule has 2 aromatic heterocycles. The number of amides is 2. The number of morpholine rings is 1. The van der Waals surface area contributed by atoms with Crippen molar-refractivity contribution in [3.05, 3.63) is 83.8 Å². The number of fused-ring (bicyclic) bond motifs is 1. The normalized spacial score (nSPS) is 19.7. The fourth-order valence-electron chi connectivity index (χ4n) is 4.45. The number of carbonyl (C=O) groups is 2. The zero-order valence-electron chi connectivity index (χ0n) is 19.0. The lowest BCUT2D eigenvalue weighted by Gasteiger charge is -2.36. The molecule has 34 heavy (non-hydrogen) atoms. The summed E-state index contributed by atoms with van der Waals surface area (Å²) in [6.45, 7) is 3.35. The fourth-order valence-corrected chi connectivity index (χ4v) is 4.45. The Bertz CT molecular complexity index is 1170. The van der Waals surface area contributed by atoms with Crippen molar-refractivity contribution < 1.29 is 19.1 Å². The summed E-state index contributed by atoms with van der Waals surface area (Å²) in [5.41, 5.74) is 2.41. The highest BCUT2D eigenvalue weighted by molar-refractivity contribution is 5.96. The second-order valence-electron chi connectivity index (χ2n) is 8.54. The molecule has 0 saturated carbocycles. The van der Waals surface area contributed by atoms with Crippen molar-refractivity contribution in [1.82, 2.24) is 19.8 Å². The van der Waals surface area contributed by atoms with Gasteiger partial charge in [-0.15, -0.1) is 0 Å². The molecule has 2 atom stereocenters. The molecular formula is C26H26N4O4. The van der Waals surface area contributed by atoms with Crippen molar-refractivity contribution in [2.45, 2.75) is 25.5 Å². The van der Waals surface area contributed by atoms with Gasteiger partial charge in [0.1, 0.15) is 17.9 Å². The van der Waals surface area contributed by atoms with Gasteiger partial charge in [0, 0.05) is 31.5 Å². The van der Waals surface area contributed by atoms with Gasteiger partial charge in [0.2, 0.25) is 11.8 Å². The van der Waals surface area contributed by atoms with E-state index in [0.29, 0.717) is 30.9 Å². The molecule has 2 aliphatic heterocycles. The Kier molecular flexibility index (Phi) is 6.22. The van der Waals surface area contributed by atoms with E-state index in [4.69, 9.17) is 9.47 Å². The molecular weight excluding hydrogens is 432 g/mol. The van der Waals surface area contributed by atoms with Crippen LogP contribution in [0.25, 0.3) is 0 Å². The van der Waals surface area contributed by atoms with E-state index in [1.165, 1.54) is 5.56 Å². The molecule has 1 aromatic carbocycles. The van der Waals surface area contributed by atoms with Gasteiger partial charge >= 0.3 is 0 Å². The maximum Gasteiger partial charge on any atom is 0.259 e. The van der Waals surface area contributed by atoms with Gasteiger partial charge in [-0.05, 0) is 43.2 Å². The van der Waals surface area contributed by atoms with Gasteiger partial charge in [-0.25, -0.2) is 4.98 Å². The Morgan fingerprint density at radius 2 is 1.94 bits per heavy atom. The number of carbonyl (C=O) groups excluding carboxylic acids is 2. The second kappa shape index (κ2) is 9.61. The van der Waals surface area contributed by atoms with E-state index >= 15 is 0 Å². The minimum atomic E-state index is -0.209. The molecule has 0 aliphatic carbocycles. The quantitative estimate of drug-likeness (QED) is 0.565. The number of hydrogen-bond donors (Lipinski definition) is 0. The molecule has 0 unspecified atom stereocenters. The van der Waals surface area contributed by atoms with Gasteiger partial charge in [-0.1, -0.05) is 30.3 Å². The summed E-state index contributed by atoms with van der Waals surface area (Å²) in [6.07, 6.45) is 3.74. The Labute approximate surface area is 198 Å². The lowest BCUT2D eigenvalue weighted by Crippen LogP contribution is -2.54. The summed E-state index contributed by atoms with van der Waals surface area (Å²) < 4.78 is 11.7. The highest BCUT2D eigenvalue weighted by Crippen LogP contribution is 2.28. The van der Waals surface area contributed by atoms with E-state index in [1.807, 2.05) is 36.1 Å². The van der Waals surface area contributed by atoms with Gasteiger partial charge < -0.3 is 19.3 Å². The molecule has 2 aliphatic rings. The number of pyridine rings is 2. The summed E-state index contributed by atoms with van der Waals surface area (Å²) in [5.74, 6) is 0.501. The van der Waals surface area contributed by atoms with Crippen LogP contribution in [-0.2, 0) is 16.0 Å². The zero-order valence-corrected chi connectivity index (χ0v) is 19.0. The van der Waals surface area contributed by atoms with Crippen LogP contribution in [0.15, 0.2) is 67.0 Å². The third kappa shape index (κ3) is 4.63. The summed E-state index contributed by atoms with van der Waals surface area (Å²) in [6, 6.07) is 17.0. The fraction of sp³-hybridized carbons (Fsp3) is 0.308. The Morgan fingerprint density at radius 3 is 2.74 bits per heavy atom. The van der Waals surface area contributed by atoms with E-state index < -0.39 is 0 Å². The van der Waals surface area contributed by atoms with Gasteiger partial charge in [-0.2, -0.15) is 0 Å². The van der Waals surface area contributed by atoms with E-state index in [9.17, 15) is 9.59 Å². The zero-order chi connectivity index (χ0) is 23.5. The third-order valence-electron chi connectivity index (χ3n) is 6.25. The predicted molar refractivity (Wildman–Crippen MR) is 125 cm³/mol. The summed E-state index contributed by atoms with van der Waals surface area (Å²) in [4.78, 5) is 38.2. The van der Waals surface area contributed by atoms with Crippen molar-refractivity contribution in [2.24, 2.45) is 0 Å². The van der Waals surface area contributed by atoms with E-state index in [-0.39, 0.29) is 36.4 Å².